The smallest absolute Gasteiger partial charge is 0.306 e. The number of aliphatic hydroxyl groups excluding tert-OH is 1. The molecule has 4 heteroatoms. The van der Waals surface area contributed by atoms with E-state index in [0.717, 1.165) is 0 Å². The molecule has 0 aliphatic carbocycles. The molecule has 0 radical (unpaired) electrons. The molecule has 2 unspecified atom stereocenters. The van der Waals surface area contributed by atoms with Gasteiger partial charge in [0.1, 0.15) is 0 Å². The number of carboxylic acid groups (broad SMARTS) is 1. The van der Waals surface area contributed by atoms with Gasteiger partial charge in [0, 0.05) is 6.04 Å². The first-order chi connectivity index (χ1) is 6.16. The van der Waals surface area contributed by atoms with Crippen LogP contribution in [0.1, 0.15) is 27.2 Å². The molecule has 0 aliphatic heterocycles. The van der Waals surface area contributed by atoms with E-state index in [-0.39, 0.29) is 17.9 Å². The Morgan fingerprint density at radius 3 is 2.00 bits per heavy atom. The predicted molar refractivity (Wildman–Crippen MR) is 55.2 cm³/mol. The molecule has 14 heavy (non-hydrogen) atoms. The molecule has 0 saturated heterocycles. The molecule has 0 bridgehead atoms. The summed E-state index contributed by atoms with van der Waals surface area (Å²) in [5.41, 5.74) is -0.141. The Labute approximate surface area is 85.5 Å². The first-order valence-corrected chi connectivity index (χ1v) is 4.72. The molecule has 0 spiro atoms. The van der Waals surface area contributed by atoms with Crippen LogP contribution in [0.3, 0.4) is 0 Å². The summed E-state index contributed by atoms with van der Waals surface area (Å²) in [5.74, 6) is -0.964. The average molecular weight is 203 g/mol. The number of aliphatic carboxylic acids is 1. The van der Waals surface area contributed by atoms with E-state index in [1.165, 1.54) is 0 Å². The molecule has 0 aromatic heterocycles. The van der Waals surface area contributed by atoms with Crippen molar-refractivity contribution in [1.82, 2.24) is 4.90 Å². The minimum absolute atomic E-state index is 0.141. The van der Waals surface area contributed by atoms with Gasteiger partial charge in [0.15, 0.2) is 0 Å². The van der Waals surface area contributed by atoms with E-state index in [2.05, 4.69) is 0 Å². The maximum absolute atomic E-state index is 10.5. The lowest BCUT2D eigenvalue weighted by molar-refractivity contribution is -0.140. The maximum atomic E-state index is 10.5. The van der Waals surface area contributed by atoms with E-state index >= 15 is 0 Å². The van der Waals surface area contributed by atoms with Gasteiger partial charge in [-0.2, -0.15) is 0 Å². The maximum Gasteiger partial charge on any atom is 0.306 e. The SMILES string of the molecule is CN(C)C(C(O)CC(=O)O)C(C)(C)C. The molecular formula is C10H21NO3. The van der Waals surface area contributed by atoms with E-state index < -0.39 is 12.1 Å². The van der Waals surface area contributed by atoms with Crippen LogP contribution in [-0.4, -0.2) is 47.3 Å². The summed E-state index contributed by atoms with van der Waals surface area (Å²) < 4.78 is 0. The van der Waals surface area contributed by atoms with E-state index in [1.54, 1.807) is 0 Å². The molecule has 0 fully saturated rings. The van der Waals surface area contributed by atoms with Crippen molar-refractivity contribution < 1.29 is 15.0 Å². The molecule has 0 aliphatic rings. The van der Waals surface area contributed by atoms with Gasteiger partial charge in [-0.25, -0.2) is 0 Å². The highest BCUT2D eigenvalue weighted by Gasteiger charge is 2.33. The first-order valence-electron chi connectivity index (χ1n) is 4.72. The Morgan fingerprint density at radius 1 is 1.36 bits per heavy atom. The third-order valence-corrected chi connectivity index (χ3v) is 2.19. The molecule has 0 aromatic rings. The number of hydrogen-bond acceptors (Lipinski definition) is 3. The van der Waals surface area contributed by atoms with Gasteiger partial charge in [-0.1, -0.05) is 20.8 Å². The van der Waals surface area contributed by atoms with Crippen molar-refractivity contribution in [1.29, 1.82) is 0 Å². The Kier molecular flexibility index (Phi) is 4.55. The van der Waals surface area contributed by atoms with Crippen molar-refractivity contribution in [3.8, 4) is 0 Å². The Hall–Kier alpha value is -0.610. The lowest BCUT2D eigenvalue weighted by Crippen LogP contribution is -2.48. The number of nitrogens with zero attached hydrogens (tertiary/aromatic N) is 1. The fraction of sp³-hybridized carbons (Fsp3) is 0.900. The monoisotopic (exact) mass is 203 g/mol. The summed E-state index contributed by atoms with van der Waals surface area (Å²) in [6.07, 6.45) is -1.04. The molecular weight excluding hydrogens is 182 g/mol. The summed E-state index contributed by atoms with van der Waals surface area (Å²) in [5, 5.41) is 18.4. The quantitative estimate of drug-likeness (QED) is 0.709. The largest absolute Gasteiger partial charge is 0.481 e. The standard InChI is InChI=1S/C10H21NO3/c1-10(2,3)9(11(4)5)7(12)6-8(13)14/h7,9,12H,6H2,1-5H3,(H,13,14). The second-order valence-electron chi connectivity index (χ2n) is 4.94. The van der Waals surface area contributed by atoms with E-state index in [0.29, 0.717) is 0 Å². The minimum atomic E-state index is -0.964. The van der Waals surface area contributed by atoms with Gasteiger partial charge in [-0.15, -0.1) is 0 Å². The Morgan fingerprint density at radius 2 is 1.79 bits per heavy atom. The van der Waals surface area contributed by atoms with Crippen LogP contribution in [0.25, 0.3) is 0 Å². The number of hydrogen-bond donors (Lipinski definition) is 2. The zero-order chi connectivity index (χ0) is 11.5. The van der Waals surface area contributed by atoms with Crippen molar-refractivity contribution in [2.24, 2.45) is 5.41 Å². The fourth-order valence-electron chi connectivity index (χ4n) is 1.99. The van der Waals surface area contributed by atoms with Gasteiger partial charge in [-0.3, -0.25) is 4.79 Å². The van der Waals surface area contributed by atoms with Gasteiger partial charge in [0.2, 0.25) is 0 Å². The van der Waals surface area contributed by atoms with Crippen LogP contribution in [-0.2, 0) is 4.79 Å². The summed E-state index contributed by atoms with van der Waals surface area (Å²) >= 11 is 0. The topological polar surface area (TPSA) is 60.8 Å². The number of carbonyl (C=O) groups is 1. The molecule has 0 saturated carbocycles. The van der Waals surface area contributed by atoms with E-state index in [9.17, 15) is 9.90 Å². The third kappa shape index (κ3) is 4.07. The summed E-state index contributed by atoms with van der Waals surface area (Å²) in [6, 6.07) is -0.154. The molecule has 4 nitrogen and oxygen atoms in total. The Bertz CT molecular complexity index is 196. The van der Waals surface area contributed by atoms with E-state index in [4.69, 9.17) is 5.11 Å². The molecule has 0 rings (SSSR count). The number of likely N-dealkylation sites (N-methyl/N-ethyl adjacent to an activating group) is 1. The van der Waals surface area contributed by atoms with Crippen LogP contribution in [0.2, 0.25) is 0 Å². The van der Waals surface area contributed by atoms with E-state index in [1.807, 2.05) is 39.8 Å². The Balaban J connectivity index is 4.58. The molecule has 84 valence electrons. The molecule has 0 amide bonds. The zero-order valence-corrected chi connectivity index (χ0v) is 9.61. The minimum Gasteiger partial charge on any atom is -0.481 e. The highest BCUT2D eigenvalue weighted by atomic mass is 16.4. The molecule has 0 aromatic carbocycles. The first kappa shape index (κ1) is 13.4. The predicted octanol–water partition coefficient (Wildman–Crippen LogP) is 0.798. The molecule has 2 atom stereocenters. The van der Waals surface area contributed by atoms with Gasteiger partial charge in [0.05, 0.1) is 12.5 Å². The third-order valence-electron chi connectivity index (χ3n) is 2.19. The number of rotatable bonds is 4. The van der Waals surface area contributed by atoms with Crippen LogP contribution in [0.15, 0.2) is 0 Å². The van der Waals surface area contributed by atoms with Crippen molar-refractivity contribution >= 4 is 5.97 Å². The molecule has 0 heterocycles. The second kappa shape index (κ2) is 4.75. The van der Waals surface area contributed by atoms with Crippen LogP contribution < -0.4 is 0 Å². The highest BCUT2D eigenvalue weighted by Crippen LogP contribution is 2.26. The lowest BCUT2D eigenvalue weighted by atomic mass is 9.81. The van der Waals surface area contributed by atoms with Gasteiger partial charge in [0.25, 0.3) is 0 Å². The highest BCUT2D eigenvalue weighted by molar-refractivity contribution is 5.67. The van der Waals surface area contributed by atoms with Gasteiger partial charge >= 0.3 is 5.97 Å². The van der Waals surface area contributed by atoms with Crippen molar-refractivity contribution in [3.05, 3.63) is 0 Å². The molecule has 2 N–H and O–H groups in total. The fourth-order valence-corrected chi connectivity index (χ4v) is 1.99. The second-order valence-corrected chi connectivity index (χ2v) is 4.94. The van der Waals surface area contributed by atoms with Gasteiger partial charge in [-0.05, 0) is 19.5 Å². The van der Waals surface area contributed by atoms with Crippen LogP contribution in [0.4, 0.5) is 0 Å². The summed E-state index contributed by atoms with van der Waals surface area (Å²) in [6.45, 7) is 5.97. The van der Waals surface area contributed by atoms with Crippen molar-refractivity contribution in [3.63, 3.8) is 0 Å². The van der Waals surface area contributed by atoms with Crippen LogP contribution >= 0.6 is 0 Å². The number of aliphatic hydroxyl groups is 1. The normalized spacial score (nSPS) is 16.8. The van der Waals surface area contributed by atoms with Gasteiger partial charge < -0.3 is 15.1 Å². The van der Waals surface area contributed by atoms with Crippen LogP contribution in [0, 0.1) is 5.41 Å². The number of carboxylic acids is 1. The average Bonchev–Trinajstić information content (AvgIpc) is 1.78. The summed E-state index contributed by atoms with van der Waals surface area (Å²) in [7, 11) is 3.70. The lowest BCUT2D eigenvalue weighted by Gasteiger charge is -2.38. The summed E-state index contributed by atoms with van der Waals surface area (Å²) in [4.78, 5) is 12.4. The van der Waals surface area contributed by atoms with Crippen molar-refractivity contribution in [2.75, 3.05) is 14.1 Å². The van der Waals surface area contributed by atoms with Crippen molar-refractivity contribution in [2.45, 2.75) is 39.3 Å². The zero-order valence-electron chi connectivity index (χ0n) is 9.61. The van der Waals surface area contributed by atoms with Crippen LogP contribution in [0.5, 0.6) is 0 Å².